The standard InChI is InChI=1S/C62H105N2O7P/c1-7-10-13-16-19-22-25-27-29-31-32-33-35-37-40-43-46-49-52-55-62(66)71-60(53-50-47-44-41-38-24-21-18-15-12-9-3)59(58-70-72(67,68)69-57-56-64(4,5)6)63-61(65)54-51-48-45-42-39-36-34-30-28-26-23-20-17-14-11-8-2/h11,14,19-20,22-23,27-30,32-33,36-37,39-40,45,48,50,53,59-60H,7-10,12-13,15-18,21,24-26,31,34-35,38,41-44,46-47,49,51-52,54-58H2,1-6H3,(H-,63,65,67,68)/p+1/b14-11+,22-19-,23-20+,29-27-,30-28+,33-32-,39-36+,40-37-,48-45+,53-50+. The molecule has 0 aromatic heterocycles. The summed E-state index contributed by atoms with van der Waals surface area (Å²) in [4.78, 5) is 37.5. The van der Waals surface area contributed by atoms with Gasteiger partial charge < -0.3 is 19.4 Å². The zero-order valence-electron chi connectivity index (χ0n) is 46.6. The zero-order chi connectivity index (χ0) is 52.9. The SMILES string of the molecule is CC/C=C/C/C=C/C/C=C/C/C=C/C/C=C/CCC(=O)NC(COP(=O)(O)OCC[N+](C)(C)C)C(/C=C/CCCCCCCCCCC)OC(=O)CCCCC/C=C\C/C=C\C/C=C\C/C=C\CCCCC. The fourth-order valence-corrected chi connectivity index (χ4v) is 8.00. The Bertz CT molecular complexity index is 1650. The van der Waals surface area contributed by atoms with Crippen molar-refractivity contribution >= 4 is 19.7 Å². The molecule has 0 heterocycles. The van der Waals surface area contributed by atoms with E-state index in [0.29, 0.717) is 23.9 Å². The second kappa shape index (κ2) is 50.9. The maximum Gasteiger partial charge on any atom is 0.472 e. The summed E-state index contributed by atoms with van der Waals surface area (Å²) in [6, 6.07) is -0.908. The second-order valence-corrected chi connectivity index (χ2v) is 21.2. The average molecular weight is 1020 g/mol. The van der Waals surface area contributed by atoms with Gasteiger partial charge in [-0.3, -0.25) is 18.6 Å². The van der Waals surface area contributed by atoms with Gasteiger partial charge in [0.2, 0.25) is 5.91 Å². The minimum absolute atomic E-state index is 0.0149. The summed E-state index contributed by atoms with van der Waals surface area (Å²) in [5, 5.41) is 2.98. The van der Waals surface area contributed by atoms with Gasteiger partial charge in [-0.25, -0.2) is 4.57 Å². The maximum atomic E-state index is 13.4. The number of hydrogen-bond acceptors (Lipinski definition) is 6. The number of rotatable bonds is 49. The molecule has 0 saturated heterocycles. The smallest absolute Gasteiger partial charge is 0.456 e. The summed E-state index contributed by atoms with van der Waals surface area (Å²) < 4.78 is 30.5. The van der Waals surface area contributed by atoms with Crippen molar-refractivity contribution in [2.24, 2.45) is 0 Å². The molecule has 0 radical (unpaired) electrons. The molecule has 10 heteroatoms. The van der Waals surface area contributed by atoms with Gasteiger partial charge in [-0.1, -0.05) is 207 Å². The predicted octanol–water partition coefficient (Wildman–Crippen LogP) is 17.2. The van der Waals surface area contributed by atoms with E-state index in [1.165, 1.54) is 70.6 Å². The molecule has 3 unspecified atom stereocenters. The van der Waals surface area contributed by atoms with E-state index in [-0.39, 0.29) is 37.9 Å². The molecule has 0 aromatic carbocycles. The van der Waals surface area contributed by atoms with Crippen molar-refractivity contribution in [2.45, 2.75) is 219 Å². The van der Waals surface area contributed by atoms with E-state index in [1.807, 2.05) is 45.4 Å². The van der Waals surface area contributed by atoms with Gasteiger partial charge in [-0.15, -0.1) is 0 Å². The number of nitrogens with zero attached hydrogens (tertiary/aromatic N) is 1. The number of allylic oxidation sites excluding steroid dienone is 19. The highest BCUT2D eigenvalue weighted by atomic mass is 31.2. The lowest BCUT2D eigenvalue weighted by molar-refractivity contribution is -0.870. The van der Waals surface area contributed by atoms with E-state index in [2.05, 4.69) is 123 Å². The van der Waals surface area contributed by atoms with Gasteiger partial charge in [-0.05, 0) is 109 Å². The fraction of sp³-hybridized carbons (Fsp3) is 0.645. The molecule has 0 aromatic rings. The van der Waals surface area contributed by atoms with Crippen LogP contribution >= 0.6 is 7.82 Å². The molecule has 1 amide bonds. The molecule has 9 nitrogen and oxygen atoms in total. The Morgan fingerprint density at radius 2 is 0.903 bits per heavy atom. The summed E-state index contributed by atoms with van der Waals surface area (Å²) in [5.74, 6) is -0.650. The first kappa shape index (κ1) is 68.4. The van der Waals surface area contributed by atoms with Crippen LogP contribution in [-0.2, 0) is 27.9 Å². The number of amides is 1. The number of hydrogen-bond donors (Lipinski definition) is 2. The molecule has 3 atom stereocenters. The first-order valence-corrected chi connectivity index (χ1v) is 29.9. The molecule has 0 saturated carbocycles. The van der Waals surface area contributed by atoms with Crippen molar-refractivity contribution < 1.29 is 37.3 Å². The fourth-order valence-electron chi connectivity index (χ4n) is 7.26. The largest absolute Gasteiger partial charge is 0.472 e. The van der Waals surface area contributed by atoms with E-state index >= 15 is 0 Å². The van der Waals surface area contributed by atoms with Crippen LogP contribution in [0.1, 0.15) is 207 Å². The molecule has 0 spiro atoms. The van der Waals surface area contributed by atoms with Gasteiger partial charge in [0, 0.05) is 12.8 Å². The Balaban J connectivity index is 5.50. The summed E-state index contributed by atoms with van der Waals surface area (Å²) in [6.45, 7) is 6.75. The van der Waals surface area contributed by atoms with Gasteiger partial charge in [0.25, 0.3) is 0 Å². The summed E-state index contributed by atoms with van der Waals surface area (Å²) in [5.41, 5.74) is 0. The molecule has 0 fully saturated rings. The number of phosphoric acid groups is 1. The number of nitrogens with one attached hydrogen (secondary N) is 1. The minimum atomic E-state index is -4.48. The normalized spacial score (nSPS) is 14.7. The van der Waals surface area contributed by atoms with Gasteiger partial charge >= 0.3 is 13.8 Å². The lowest BCUT2D eigenvalue weighted by Gasteiger charge is -2.27. The predicted molar refractivity (Wildman–Crippen MR) is 309 cm³/mol. The van der Waals surface area contributed by atoms with Crippen LogP contribution in [0.3, 0.4) is 0 Å². The monoisotopic (exact) mass is 1020 g/mol. The van der Waals surface area contributed by atoms with Crippen LogP contribution in [0.15, 0.2) is 122 Å². The first-order chi connectivity index (χ1) is 34.9. The molecule has 410 valence electrons. The Morgan fingerprint density at radius 1 is 0.500 bits per heavy atom. The van der Waals surface area contributed by atoms with Crippen molar-refractivity contribution in [3.8, 4) is 0 Å². The number of carbonyl (C=O) groups is 2. The summed E-state index contributed by atoms with van der Waals surface area (Å²) in [6.07, 6.45) is 70.7. The Kier molecular flexibility index (Phi) is 48.4. The van der Waals surface area contributed by atoms with Crippen LogP contribution in [0.25, 0.3) is 0 Å². The van der Waals surface area contributed by atoms with Crippen molar-refractivity contribution in [2.75, 3.05) is 40.9 Å². The third-order valence-electron chi connectivity index (χ3n) is 11.6. The van der Waals surface area contributed by atoms with Crippen LogP contribution in [0.5, 0.6) is 0 Å². The maximum absolute atomic E-state index is 13.4. The Labute approximate surface area is 442 Å². The summed E-state index contributed by atoms with van der Waals surface area (Å²) in [7, 11) is 1.41. The molecular weight excluding hydrogens is 916 g/mol. The molecule has 2 N–H and O–H groups in total. The highest BCUT2D eigenvalue weighted by molar-refractivity contribution is 7.47. The van der Waals surface area contributed by atoms with E-state index in [4.69, 9.17) is 13.8 Å². The molecule has 0 rings (SSSR count). The van der Waals surface area contributed by atoms with Crippen molar-refractivity contribution in [1.82, 2.24) is 5.32 Å². The Hall–Kier alpha value is -3.59. The van der Waals surface area contributed by atoms with Crippen LogP contribution in [0.4, 0.5) is 0 Å². The third kappa shape index (κ3) is 51.3. The lowest BCUT2D eigenvalue weighted by Crippen LogP contribution is -2.47. The number of likely N-dealkylation sites (N-methyl/N-ethyl adjacent to an activating group) is 1. The topological polar surface area (TPSA) is 111 Å². The van der Waals surface area contributed by atoms with E-state index in [1.54, 1.807) is 0 Å². The highest BCUT2D eigenvalue weighted by Crippen LogP contribution is 2.43. The van der Waals surface area contributed by atoms with Crippen LogP contribution < -0.4 is 5.32 Å². The second-order valence-electron chi connectivity index (χ2n) is 19.7. The number of phosphoric ester groups is 1. The van der Waals surface area contributed by atoms with Gasteiger partial charge in [0.05, 0.1) is 33.8 Å². The molecule has 0 aliphatic carbocycles. The molecule has 0 aliphatic heterocycles. The Morgan fingerprint density at radius 3 is 1.39 bits per heavy atom. The van der Waals surface area contributed by atoms with Gasteiger partial charge in [0.15, 0.2) is 0 Å². The summed E-state index contributed by atoms with van der Waals surface area (Å²) >= 11 is 0. The molecule has 0 aliphatic rings. The van der Waals surface area contributed by atoms with Gasteiger partial charge in [-0.2, -0.15) is 0 Å². The van der Waals surface area contributed by atoms with E-state index in [0.717, 1.165) is 89.9 Å². The number of unbranched alkanes of at least 4 members (excludes halogenated alkanes) is 15. The number of carbonyl (C=O) groups excluding carboxylic acids is 2. The van der Waals surface area contributed by atoms with Gasteiger partial charge in [0.1, 0.15) is 19.3 Å². The zero-order valence-corrected chi connectivity index (χ0v) is 47.5. The first-order valence-electron chi connectivity index (χ1n) is 28.4. The van der Waals surface area contributed by atoms with Crippen molar-refractivity contribution in [3.63, 3.8) is 0 Å². The van der Waals surface area contributed by atoms with Crippen LogP contribution in [0.2, 0.25) is 0 Å². The van der Waals surface area contributed by atoms with Crippen molar-refractivity contribution in [3.05, 3.63) is 122 Å². The van der Waals surface area contributed by atoms with E-state index in [9.17, 15) is 19.0 Å². The molecular formula is C62H106N2O7P+. The minimum Gasteiger partial charge on any atom is -0.456 e. The highest BCUT2D eigenvalue weighted by Gasteiger charge is 2.30. The third-order valence-corrected chi connectivity index (χ3v) is 12.6. The quantitative estimate of drug-likeness (QED) is 0.0205. The lowest BCUT2D eigenvalue weighted by atomic mass is 10.1. The van der Waals surface area contributed by atoms with Crippen LogP contribution in [-0.4, -0.2) is 74.3 Å². The average Bonchev–Trinajstić information content (AvgIpc) is 3.34. The molecule has 72 heavy (non-hydrogen) atoms. The molecule has 0 bridgehead atoms. The van der Waals surface area contributed by atoms with E-state index < -0.39 is 20.0 Å². The van der Waals surface area contributed by atoms with Crippen molar-refractivity contribution in [1.29, 1.82) is 0 Å². The number of ether oxygens (including phenoxy) is 1. The van der Waals surface area contributed by atoms with Crippen LogP contribution in [0, 0.1) is 0 Å². The number of quaternary nitrogens is 1. The number of esters is 1.